The van der Waals surface area contributed by atoms with E-state index in [4.69, 9.17) is 5.73 Å². The lowest BCUT2D eigenvalue weighted by molar-refractivity contribution is -0.127. The van der Waals surface area contributed by atoms with Crippen LogP contribution in [0.2, 0.25) is 0 Å². The molecule has 26 heavy (non-hydrogen) atoms. The Bertz CT molecular complexity index is 591. The second-order valence-corrected chi connectivity index (χ2v) is 7.32. The molecular weight excluding hydrogens is 443 g/mol. The highest BCUT2D eigenvalue weighted by molar-refractivity contribution is 9.10. The maximum absolute atomic E-state index is 12.6. The van der Waals surface area contributed by atoms with E-state index in [1.807, 2.05) is 24.3 Å². The number of rotatable bonds is 5. The normalized spacial score (nSPS) is 17.2. The van der Waals surface area contributed by atoms with Crippen LogP contribution in [0.5, 0.6) is 0 Å². The molecule has 148 valence electrons. The van der Waals surface area contributed by atoms with Gasteiger partial charge >= 0.3 is 0 Å². The van der Waals surface area contributed by atoms with Gasteiger partial charge in [0.1, 0.15) is 5.54 Å². The van der Waals surface area contributed by atoms with E-state index in [0.717, 1.165) is 36.0 Å². The number of nitrogens with zero attached hydrogens (tertiary/aromatic N) is 1. The molecule has 1 aliphatic heterocycles. The van der Waals surface area contributed by atoms with Gasteiger partial charge in [-0.2, -0.15) is 0 Å². The number of amides is 2. The zero-order chi connectivity index (χ0) is 17.7. The third-order valence-electron chi connectivity index (χ3n) is 4.48. The number of halogens is 3. The molecule has 1 saturated heterocycles. The van der Waals surface area contributed by atoms with Crippen molar-refractivity contribution in [2.24, 2.45) is 5.73 Å². The van der Waals surface area contributed by atoms with Crippen molar-refractivity contribution in [1.29, 1.82) is 0 Å². The average Bonchev–Trinajstić information content (AvgIpc) is 2.56. The topological polar surface area (TPSA) is 87.5 Å². The fourth-order valence-electron chi connectivity index (χ4n) is 2.78. The van der Waals surface area contributed by atoms with Crippen LogP contribution < -0.4 is 16.4 Å². The molecule has 1 atom stereocenters. The van der Waals surface area contributed by atoms with Crippen LogP contribution in [0.25, 0.3) is 0 Å². The molecule has 0 spiro atoms. The second kappa shape index (κ2) is 11.1. The summed E-state index contributed by atoms with van der Waals surface area (Å²) in [5.41, 5.74) is 5.98. The van der Waals surface area contributed by atoms with Gasteiger partial charge in [0.05, 0.1) is 6.54 Å². The first kappa shape index (κ1) is 25.1. The summed E-state index contributed by atoms with van der Waals surface area (Å²) in [6, 6.07) is 7.57. The summed E-state index contributed by atoms with van der Waals surface area (Å²) in [6.07, 6.45) is 1.64. The molecule has 1 aromatic rings. The lowest BCUT2D eigenvalue weighted by Crippen LogP contribution is -2.54. The number of likely N-dealkylation sites (N-methyl/N-ethyl adjacent to an activating group) is 1. The van der Waals surface area contributed by atoms with Crippen molar-refractivity contribution in [2.45, 2.75) is 31.3 Å². The maximum atomic E-state index is 12.6. The number of hydrogen-bond acceptors (Lipinski definition) is 4. The van der Waals surface area contributed by atoms with E-state index in [2.05, 4.69) is 31.5 Å². The first-order chi connectivity index (χ1) is 11.3. The van der Waals surface area contributed by atoms with Crippen LogP contribution in [0.3, 0.4) is 0 Å². The SMILES string of the molecule is CNC(=O)CN1CCC(NC(=O)C(C)(N)c2ccc(Br)cc2)CC1.Cl.Cl. The van der Waals surface area contributed by atoms with E-state index in [1.165, 1.54) is 0 Å². The van der Waals surface area contributed by atoms with Gasteiger partial charge in [-0.15, -0.1) is 24.8 Å². The fraction of sp³-hybridized carbons (Fsp3) is 0.529. The van der Waals surface area contributed by atoms with Gasteiger partial charge in [-0.1, -0.05) is 28.1 Å². The number of carbonyl (C=O) groups excluding carboxylic acids is 2. The first-order valence-electron chi connectivity index (χ1n) is 8.11. The van der Waals surface area contributed by atoms with Crippen LogP contribution in [0.15, 0.2) is 28.7 Å². The molecule has 1 heterocycles. The van der Waals surface area contributed by atoms with Gasteiger partial charge in [0.2, 0.25) is 11.8 Å². The van der Waals surface area contributed by atoms with E-state index in [1.54, 1.807) is 14.0 Å². The number of benzene rings is 1. The van der Waals surface area contributed by atoms with Crippen LogP contribution in [0.1, 0.15) is 25.3 Å². The highest BCUT2D eigenvalue weighted by Crippen LogP contribution is 2.21. The van der Waals surface area contributed by atoms with Gasteiger partial charge in [0, 0.05) is 30.7 Å². The van der Waals surface area contributed by atoms with Crippen LogP contribution in [-0.4, -0.2) is 49.4 Å². The summed E-state index contributed by atoms with van der Waals surface area (Å²) < 4.78 is 0.950. The Labute approximate surface area is 175 Å². The van der Waals surface area contributed by atoms with Crippen LogP contribution in [0.4, 0.5) is 0 Å². The van der Waals surface area contributed by atoms with Crippen molar-refractivity contribution in [1.82, 2.24) is 15.5 Å². The molecule has 1 unspecified atom stereocenters. The van der Waals surface area contributed by atoms with E-state index in [9.17, 15) is 9.59 Å². The Balaban J connectivity index is 0.00000312. The molecule has 9 heteroatoms. The van der Waals surface area contributed by atoms with Crippen molar-refractivity contribution in [3.8, 4) is 0 Å². The Morgan fingerprint density at radius 3 is 2.27 bits per heavy atom. The molecule has 1 aromatic carbocycles. The van der Waals surface area contributed by atoms with Gasteiger partial charge < -0.3 is 16.4 Å². The summed E-state index contributed by atoms with van der Waals surface area (Å²) in [7, 11) is 1.64. The van der Waals surface area contributed by atoms with Crippen molar-refractivity contribution in [2.75, 3.05) is 26.7 Å². The molecule has 0 bridgehead atoms. The zero-order valence-electron chi connectivity index (χ0n) is 15.0. The Kier molecular flexibility index (Phi) is 10.7. The first-order valence-corrected chi connectivity index (χ1v) is 8.91. The van der Waals surface area contributed by atoms with Gasteiger partial charge in [-0.05, 0) is 37.5 Å². The average molecular weight is 470 g/mol. The Morgan fingerprint density at radius 1 is 1.23 bits per heavy atom. The Hall–Kier alpha value is -0.860. The number of nitrogens with one attached hydrogen (secondary N) is 2. The molecular formula is C17H27BrCl2N4O2. The minimum Gasteiger partial charge on any atom is -0.358 e. The molecule has 2 rings (SSSR count). The van der Waals surface area contributed by atoms with Crippen molar-refractivity contribution < 1.29 is 9.59 Å². The van der Waals surface area contributed by atoms with Gasteiger partial charge in [-0.25, -0.2) is 0 Å². The minimum atomic E-state index is -1.07. The standard InChI is InChI=1S/C17H25BrN4O2.2ClH/c1-17(19,12-3-5-13(18)6-4-12)16(24)21-14-7-9-22(10-8-14)11-15(23)20-2;;/h3-6,14H,7-11,19H2,1-2H3,(H,20,23)(H,21,24);2*1H. The number of piperidine rings is 1. The summed E-state index contributed by atoms with van der Waals surface area (Å²) >= 11 is 3.38. The number of likely N-dealkylation sites (tertiary alicyclic amines) is 1. The van der Waals surface area contributed by atoms with E-state index in [0.29, 0.717) is 6.54 Å². The van der Waals surface area contributed by atoms with Crippen molar-refractivity contribution >= 4 is 52.6 Å². The molecule has 1 fully saturated rings. The number of nitrogens with two attached hydrogens (primary N) is 1. The molecule has 6 nitrogen and oxygen atoms in total. The Morgan fingerprint density at radius 2 is 1.77 bits per heavy atom. The third kappa shape index (κ3) is 6.70. The molecule has 2 amide bonds. The summed E-state index contributed by atoms with van der Waals surface area (Å²) in [4.78, 5) is 26.1. The third-order valence-corrected chi connectivity index (χ3v) is 5.01. The lowest BCUT2D eigenvalue weighted by atomic mass is 9.91. The maximum Gasteiger partial charge on any atom is 0.244 e. The summed E-state index contributed by atoms with van der Waals surface area (Å²) in [6.45, 7) is 3.72. The van der Waals surface area contributed by atoms with E-state index < -0.39 is 5.54 Å². The van der Waals surface area contributed by atoms with Gasteiger partial charge in [0.25, 0.3) is 0 Å². The minimum absolute atomic E-state index is 0. The zero-order valence-corrected chi connectivity index (χ0v) is 18.2. The van der Waals surface area contributed by atoms with Crippen molar-refractivity contribution in [3.05, 3.63) is 34.3 Å². The van der Waals surface area contributed by atoms with Crippen LogP contribution in [-0.2, 0) is 15.1 Å². The van der Waals surface area contributed by atoms with Gasteiger partial charge in [0.15, 0.2) is 0 Å². The molecule has 4 N–H and O–H groups in total. The fourth-order valence-corrected chi connectivity index (χ4v) is 3.04. The van der Waals surface area contributed by atoms with Crippen LogP contribution in [0, 0.1) is 0 Å². The second-order valence-electron chi connectivity index (χ2n) is 6.41. The molecule has 0 aliphatic carbocycles. The summed E-state index contributed by atoms with van der Waals surface area (Å²) in [5, 5.41) is 5.68. The molecule has 0 radical (unpaired) electrons. The largest absolute Gasteiger partial charge is 0.358 e. The smallest absolute Gasteiger partial charge is 0.244 e. The van der Waals surface area contributed by atoms with Gasteiger partial charge in [-0.3, -0.25) is 14.5 Å². The highest BCUT2D eigenvalue weighted by atomic mass is 79.9. The quantitative estimate of drug-likeness (QED) is 0.613. The lowest BCUT2D eigenvalue weighted by Gasteiger charge is -2.34. The van der Waals surface area contributed by atoms with E-state index >= 15 is 0 Å². The molecule has 0 saturated carbocycles. The van der Waals surface area contributed by atoms with Crippen molar-refractivity contribution in [3.63, 3.8) is 0 Å². The van der Waals surface area contributed by atoms with E-state index in [-0.39, 0.29) is 42.7 Å². The van der Waals surface area contributed by atoms with Crippen LogP contribution >= 0.6 is 40.7 Å². The predicted molar refractivity (Wildman–Crippen MR) is 112 cm³/mol. The number of carbonyl (C=O) groups is 2. The summed E-state index contributed by atoms with van der Waals surface area (Å²) in [5.74, 6) is -0.156. The number of hydrogen-bond donors (Lipinski definition) is 3. The predicted octanol–water partition coefficient (Wildman–Crippen LogP) is 1.79. The highest BCUT2D eigenvalue weighted by Gasteiger charge is 2.32. The molecule has 0 aromatic heterocycles. The molecule has 1 aliphatic rings. The monoisotopic (exact) mass is 468 g/mol.